The molecule has 0 heterocycles. The lowest BCUT2D eigenvalue weighted by Crippen LogP contribution is -2.19. The zero-order valence-electron chi connectivity index (χ0n) is 7.39. The van der Waals surface area contributed by atoms with Gasteiger partial charge >= 0.3 is 0 Å². The van der Waals surface area contributed by atoms with Gasteiger partial charge in [0.25, 0.3) is 0 Å². The number of hydrogen-bond donors (Lipinski definition) is 0. The lowest BCUT2D eigenvalue weighted by Gasteiger charge is -2.14. The topological polar surface area (TPSA) is 34.1 Å². The Morgan fingerprint density at radius 1 is 0.917 bits per heavy atom. The van der Waals surface area contributed by atoms with Gasteiger partial charge in [-0.1, -0.05) is 12.2 Å². The van der Waals surface area contributed by atoms with Crippen molar-refractivity contribution in [3.05, 3.63) is 23.3 Å². The fourth-order valence-corrected chi connectivity index (χ4v) is 1.43. The molecule has 0 bridgehead atoms. The van der Waals surface area contributed by atoms with Crippen molar-refractivity contribution in [3.63, 3.8) is 0 Å². The maximum atomic E-state index is 11.3. The number of hydrogen-bond acceptors (Lipinski definition) is 2. The Bertz CT molecular complexity index is 252. The highest BCUT2D eigenvalue weighted by Crippen LogP contribution is 2.22. The summed E-state index contributed by atoms with van der Waals surface area (Å²) in [5.41, 5.74) is 1.18. The number of allylic oxidation sites excluding steroid dienone is 4. The highest BCUT2D eigenvalue weighted by molar-refractivity contribution is 6.16. The molecule has 0 atom stereocenters. The van der Waals surface area contributed by atoms with E-state index in [0.717, 1.165) is 0 Å². The van der Waals surface area contributed by atoms with Gasteiger partial charge in [0.05, 0.1) is 0 Å². The highest BCUT2D eigenvalue weighted by atomic mass is 16.1. The van der Waals surface area contributed by atoms with Crippen LogP contribution in [-0.4, -0.2) is 11.6 Å². The molecule has 0 amide bonds. The molecule has 2 heteroatoms. The van der Waals surface area contributed by atoms with Crippen LogP contribution in [0.15, 0.2) is 23.3 Å². The maximum absolute atomic E-state index is 11.3. The molecular weight excluding hydrogens is 152 g/mol. The van der Waals surface area contributed by atoms with Crippen molar-refractivity contribution in [2.24, 2.45) is 0 Å². The van der Waals surface area contributed by atoms with E-state index < -0.39 is 0 Å². The third-order valence-corrected chi connectivity index (χ3v) is 2.05. The minimum atomic E-state index is 0.0881. The quantitative estimate of drug-likeness (QED) is 0.512. The van der Waals surface area contributed by atoms with Crippen LogP contribution in [0.25, 0.3) is 0 Å². The van der Waals surface area contributed by atoms with E-state index in [9.17, 15) is 9.59 Å². The van der Waals surface area contributed by atoms with E-state index in [1.54, 1.807) is 26.0 Å². The minimum Gasteiger partial charge on any atom is -0.294 e. The summed E-state index contributed by atoms with van der Waals surface area (Å²) in [5.74, 6) is 0.176. The SMILES string of the molecule is CC=C1C(=O)CCC(=O)C1=CC. The average molecular weight is 164 g/mol. The molecule has 0 spiro atoms. The summed E-state index contributed by atoms with van der Waals surface area (Å²) >= 11 is 0. The van der Waals surface area contributed by atoms with E-state index in [1.165, 1.54) is 0 Å². The molecule has 12 heavy (non-hydrogen) atoms. The van der Waals surface area contributed by atoms with Gasteiger partial charge in [-0.2, -0.15) is 0 Å². The van der Waals surface area contributed by atoms with Crippen molar-refractivity contribution >= 4 is 11.6 Å². The summed E-state index contributed by atoms with van der Waals surface area (Å²) in [6.45, 7) is 3.57. The van der Waals surface area contributed by atoms with E-state index in [0.29, 0.717) is 24.0 Å². The summed E-state index contributed by atoms with van der Waals surface area (Å²) in [6, 6.07) is 0. The van der Waals surface area contributed by atoms with Crippen LogP contribution >= 0.6 is 0 Å². The molecule has 0 aromatic heterocycles. The molecule has 1 rings (SSSR count). The standard InChI is InChI=1S/C10H12O2/c1-3-7-8(4-2)10(12)6-5-9(7)11/h3-4H,5-6H2,1-2H3. The third-order valence-electron chi connectivity index (χ3n) is 2.05. The minimum absolute atomic E-state index is 0.0881. The van der Waals surface area contributed by atoms with E-state index >= 15 is 0 Å². The first-order valence-corrected chi connectivity index (χ1v) is 4.10. The molecule has 1 saturated carbocycles. The number of rotatable bonds is 0. The molecule has 0 aliphatic heterocycles. The Morgan fingerprint density at radius 3 is 1.50 bits per heavy atom. The first-order chi connectivity index (χ1) is 5.70. The van der Waals surface area contributed by atoms with E-state index in [-0.39, 0.29) is 11.6 Å². The largest absolute Gasteiger partial charge is 0.294 e. The van der Waals surface area contributed by atoms with Crippen LogP contribution in [-0.2, 0) is 9.59 Å². The van der Waals surface area contributed by atoms with Crippen LogP contribution in [0.4, 0.5) is 0 Å². The van der Waals surface area contributed by atoms with Gasteiger partial charge < -0.3 is 0 Å². The van der Waals surface area contributed by atoms with Gasteiger partial charge in [0.2, 0.25) is 0 Å². The Kier molecular flexibility index (Phi) is 2.58. The fourth-order valence-electron chi connectivity index (χ4n) is 1.43. The van der Waals surface area contributed by atoms with Crippen LogP contribution in [0.1, 0.15) is 26.7 Å². The molecule has 1 fully saturated rings. The molecule has 1 aliphatic carbocycles. The third kappa shape index (κ3) is 1.37. The maximum Gasteiger partial charge on any atom is 0.163 e. The highest BCUT2D eigenvalue weighted by Gasteiger charge is 2.24. The number of ketones is 2. The van der Waals surface area contributed by atoms with Crippen molar-refractivity contribution in [3.8, 4) is 0 Å². The first kappa shape index (κ1) is 8.91. The van der Waals surface area contributed by atoms with Gasteiger partial charge in [-0.25, -0.2) is 0 Å². The van der Waals surface area contributed by atoms with Gasteiger partial charge in [-0.05, 0) is 13.8 Å². The van der Waals surface area contributed by atoms with Crippen molar-refractivity contribution in [2.75, 3.05) is 0 Å². The zero-order chi connectivity index (χ0) is 9.14. The van der Waals surface area contributed by atoms with Crippen molar-refractivity contribution < 1.29 is 9.59 Å². The summed E-state index contributed by atoms with van der Waals surface area (Å²) in [6.07, 6.45) is 4.18. The van der Waals surface area contributed by atoms with Crippen molar-refractivity contribution in [2.45, 2.75) is 26.7 Å². The second-order valence-corrected chi connectivity index (χ2v) is 2.75. The molecule has 2 nitrogen and oxygen atoms in total. The Balaban J connectivity index is 3.08. The Morgan fingerprint density at radius 2 is 1.25 bits per heavy atom. The molecule has 0 aromatic rings. The Labute approximate surface area is 72.0 Å². The smallest absolute Gasteiger partial charge is 0.163 e. The number of carbonyl (C=O) groups is 2. The number of carbonyl (C=O) groups excluding carboxylic acids is 2. The second kappa shape index (κ2) is 3.48. The molecule has 0 saturated heterocycles. The predicted molar refractivity (Wildman–Crippen MR) is 46.8 cm³/mol. The summed E-state index contributed by atoms with van der Waals surface area (Å²) in [7, 11) is 0. The second-order valence-electron chi connectivity index (χ2n) is 2.75. The van der Waals surface area contributed by atoms with E-state index in [1.807, 2.05) is 0 Å². The first-order valence-electron chi connectivity index (χ1n) is 4.10. The molecule has 1 aliphatic rings. The summed E-state index contributed by atoms with van der Waals surface area (Å²) in [4.78, 5) is 22.6. The summed E-state index contributed by atoms with van der Waals surface area (Å²) in [5, 5.41) is 0. The van der Waals surface area contributed by atoms with Crippen LogP contribution in [0.5, 0.6) is 0 Å². The normalized spacial score (nSPS) is 25.5. The van der Waals surface area contributed by atoms with Crippen LogP contribution in [0, 0.1) is 0 Å². The lowest BCUT2D eigenvalue weighted by molar-refractivity contribution is -0.122. The molecule has 0 radical (unpaired) electrons. The van der Waals surface area contributed by atoms with Crippen LogP contribution < -0.4 is 0 Å². The van der Waals surface area contributed by atoms with Gasteiger partial charge in [0.1, 0.15) is 0 Å². The van der Waals surface area contributed by atoms with Crippen LogP contribution in [0.2, 0.25) is 0 Å². The van der Waals surface area contributed by atoms with Gasteiger partial charge in [-0.3, -0.25) is 9.59 Å². The molecule has 0 aromatic carbocycles. The Hall–Kier alpha value is -1.18. The molecular formula is C10H12O2. The molecule has 64 valence electrons. The van der Waals surface area contributed by atoms with E-state index in [4.69, 9.17) is 0 Å². The monoisotopic (exact) mass is 164 g/mol. The van der Waals surface area contributed by atoms with Gasteiger partial charge in [0.15, 0.2) is 11.6 Å². The van der Waals surface area contributed by atoms with Crippen LogP contribution in [0.3, 0.4) is 0 Å². The van der Waals surface area contributed by atoms with Gasteiger partial charge in [0, 0.05) is 24.0 Å². The fraction of sp³-hybridized carbons (Fsp3) is 0.400. The van der Waals surface area contributed by atoms with Crippen molar-refractivity contribution in [1.82, 2.24) is 0 Å². The molecule has 0 N–H and O–H groups in total. The number of Topliss-reactive ketones (excluding diaryl/α,β-unsaturated/α-hetero) is 2. The average Bonchev–Trinajstić information content (AvgIpc) is 2.08. The van der Waals surface area contributed by atoms with Gasteiger partial charge in [-0.15, -0.1) is 0 Å². The predicted octanol–water partition coefficient (Wildman–Crippen LogP) is 1.81. The lowest BCUT2D eigenvalue weighted by atomic mass is 9.87. The zero-order valence-corrected chi connectivity index (χ0v) is 7.39. The van der Waals surface area contributed by atoms with E-state index in [2.05, 4.69) is 0 Å². The molecule has 0 unspecified atom stereocenters. The van der Waals surface area contributed by atoms with Crippen molar-refractivity contribution in [1.29, 1.82) is 0 Å². The summed E-state index contributed by atoms with van der Waals surface area (Å²) < 4.78 is 0.